The molecule has 0 aliphatic heterocycles. The Kier molecular flexibility index (Phi) is 3.24. The third-order valence-corrected chi connectivity index (χ3v) is 4.04. The van der Waals surface area contributed by atoms with Gasteiger partial charge in [-0.15, -0.1) is 11.3 Å². The lowest BCUT2D eigenvalue weighted by atomic mass is 10.1. The molecule has 2 nitrogen and oxygen atoms in total. The molecular formula is C16H12FNOS. The highest BCUT2D eigenvalue weighted by atomic mass is 32.1. The molecule has 3 rings (SSSR count). The first-order chi connectivity index (χ1) is 9.63. The van der Waals surface area contributed by atoms with Gasteiger partial charge in [0.15, 0.2) is 0 Å². The van der Waals surface area contributed by atoms with E-state index in [4.69, 9.17) is 0 Å². The van der Waals surface area contributed by atoms with Gasteiger partial charge in [-0.05, 0) is 65.7 Å². The van der Waals surface area contributed by atoms with E-state index in [1.165, 1.54) is 22.9 Å². The number of rotatable bonds is 2. The van der Waals surface area contributed by atoms with Gasteiger partial charge in [0.05, 0.1) is 0 Å². The quantitative estimate of drug-likeness (QED) is 0.732. The smallest absolute Gasteiger partial charge is 0.255 e. The van der Waals surface area contributed by atoms with Gasteiger partial charge in [-0.25, -0.2) is 4.39 Å². The van der Waals surface area contributed by atoms with Crippen molar-refractivity contribution in [2.75, 3.05) is 5.32 Å². The molecule has 0 radical (unpaired) electrons. The number of aryl methyl sites for hydroxylation is 1. The van der Waals surface area contributed by atoms with Gasteiger partial charge < -0.3 is 5.32 Å². The second kappa shape index (κ2) is 5.06. The van der Waals surface area contributed by atoms with Crippen LogP contribution in [0.1, 0.15) is 15.9 Å². The second-order valence-electron chi connectivity index (χ2n) is 4.59. The lowest BCUT2D eigenvalue weighted by molar-refractivity contribution is 0.102. The fraction of sp³-hybridized carbons (Fsp3) is 0.0625. The maximum atomic E-state index is 13.0. The maximum Gasteiger partial charge on any atom is 0.255 e. The lowest BCUT2D eigenvalue weighted by Gasteiger charge is -2.08. The predicted molar refractivity (Wildman–Crippen MR) is 80.9 cm³/mol. The summed E-state index contributed by atoms with van der Waals surface area (Å²) >= 11 is 1.66. The van der Waals surface area contributed by atoms with E-state index in [9.17, 15) is 9.18 Å². The predicted octanol–water partition coefficient (Wildman–Crippen LogP) is 4.60. The topological polar surface area (TPSA) is 29.1 Å². The molecule has 0 saturated heterocycles. The molecule has 0 aliphatic rings. The molecule has 1 heterocycles. The zero-order chi connectivity index (χ0) is 14.1. The van der Waals surface area contributed by atoms with E-state index in [1.807, 2.05) is 29.6 Å². The van der Waals surface area contributed by atoms with Crippen LogP contribution in [-0.2, 0) is 0 Å². The highest BCUT2D eigenvalue weighted by Gasteiger charge is 2.10. The van der Waals surface area contributed by atoms with E-state index >= 15 is 0 Å². The van der Waals surface area contributed by atoms with Crippen molar-refractivity contribution in [3.05, 3.63) is 64.8 Å². The third-order valence-electron chi connectivity index (χ3n) is 3.14. The molecule has 0 aliphatic carbocycles. The van der Waals surface area contributed by atoms with Crippen molar-refractivity contribution in [3.8, 4) is 0 Å². The Morgan fingerprint density at radius 2 is 2.00 bits per heavy atom. The molecule has 0 saturated carbocycles. The minimum absolute atomic E-state index is 0.225. The van der Waals surface area contributed by atoms with Crippen molar-refractivity contribution in [2.45, 2.75) is 6.92 Å². The molecular weight excluding hydrogens is 273 g/mol. The van der Waals surface area contributed by atoms with Crippen LogP contribution in [0.3, 0.4) is 0 Å². The number of benzene rings is 2. The molecule has 0 bridgehead atoms. The van der Waals surface area contributed by atoms with Crippen LogP contribution in [0.4, 0.5) is 10.1 Å². The van der Waals surface area contributed by atoms with Crippen LogP contribution in [0.25, 0.3) is 10.1 Å². The van der Waals surface area contributed by atoms with Gasteiger partial charge in [0.2, 0.25) is 0 Å². The standard InChI is InChI=1S/C16H12FNOS/c1-10-8-12(17)2-4-14(10)16(19)18-13-3-5-15-11(9-13)6-7-20-15/h2-9H,1H3,(H,18,19). The molecule has 20 heavy (non-hydrogen) atoms. The Labute approximate surface area is 119 Å². The van der Waals surface area contributed by atoms with Crippen molar-refractivity contribution in [1.82, 2.24) is 0 Å². The lowest BCUT2D eigenvalue weighted by Crippen LogP contribution is -2.13. The van der Waals surface area contributed by atoms with Crippen LogP contribution in [0.2, 0.25) is 0 Å². The number of hydrogen-bond donors (Lipinski definition) is 1. The highest BCUT2D eigenvalue weighted by Crippen LogP contribution is 2.24. The minimum atomic E-state index is -0.334. The van der Waals surface area contributed by atoms with Crippen LogP contribution in [0.5, 0.6) is 0 Å². The van der Waals surface area contributed by atoms with Crippen LogP contribution < -0.4 is 5.32 Å². The summed E-state index contributed by atoms with van der Waals surface area (Å²) in [7, 11) is 0. The molecule has 0 atom stereocenters. The average Bonchev–Trinajstić information content (AvgIpc) is 2.85. The van der Waals surface area contributed by atoms with E-state index < -0.39 is 0 Å². The maximum absolute atomic E-state index is 13.0. The van der Waals surface area contributed by atoms with Gasteiger partial charge in [-0.1, -0.05) is 0 Å². The summed E-state index contributed by atoms with van der Waals surface area (Å²) in [6.07, 6.45) is 0. The molecule has 3 aromatic rings. The normalized spacial score (nSPS) is 10.7. The second-order valence-corrected chi connectivity index (χ2v) is 5.53. The van der Waals surface area contributed by atoms with Crippen molar-refractivity contribution in [3.63, 3.8) is 0 Å². The summed E-state index contributed by atoms with van der Waals surface area (Å²) in [6, 6.07) is 12.0. The number of carbonyl (C=O) groups excluding carboxylic acids is 1. The summed E-state index contributed by atoms with van der Waals surface area (Å²) in [5.74, 6) is -0.559. The zero-order valence-electron chi connectivity index (χ0n) is 10.8. The van der Waals surface area contributed by atoms with Crippen LogP contribution in [-0.4, -0.2) is 5.91 Å². The molecule has 0 fully saturated rings. The number of hydrogen-bond acceptors (Lipinski definition) is 2. The third kappa shape index (κ3) is 2.42. The van der Waals surface area contributed by atoms with E-state index in [2.05, 4.69) is 5.32 Å². The highest BCUT2D eigenvalue weighted by molar-refractivity contribution is 7.17. The molecule has 1 aromatic heterocycles. The number of fused-ring (bicyclic) bond motifs is 1. The van der Waals surface area contributed by atoms with Crippen molar-refractivity contribution >= 4 is 33.0 Å². The molecule has 4 heteroatoms. The number of amides is 1. The van der Waals surface area contributed by atoms with Crippen LogP contribution >= 0.6 is 11.3 Å². The van der Waals surface area contributed by atoms with Gasteiger partial charge >= 0.3 is 0 Å². The van der Waals surface area contributed by atoms with E-state index in [0.29, 0.717) is 11.1 Å². The molecule has 0 spiro atoms. The molecule has 100 valence electrons. The van der Waals surface area contributed by atoms with Gasteiger partial charge in [0.1, 0.15) is 5.82 Å². The first-order valence-corrected chi connectivity index (χ1v) is 7.06. The van der Waals surface area contributed by atoms with Gasteiger partial charge in [-0.3, -0.25) is 4.79 Å². The summed E-state index contributed by atoms with van der Waals surface area (Å²) in [5, 5.41) is 5.96. The van der Waals surface area contributed by atoms with E-state index in [-0.39, 0.29) is 11.7 Å². The number of anilines is 1. The first kappa shape index (κ1) is 12.8. The van der Waals surface area contributed by atoms with Crippen molar-refractivity contribution in [1.29, 1.82) is 0 Å². The Hall–Kier alpha value is -2.20. The summed E-state index contributed by atoms with van der Waals surface area (Å²) in [4.78, 5) is 12.2. The summed E-state index contributed by atoms with van der Waals surface area (Å²) < 4.78 is 14.2. The SMILES string of the molecule is Cc1cc(F)ccc1C(=O)Nc1ccc2sccc2c1. The van der Waals surface area contributed by atoms with Crippen LogP contribution in [0.15, 0.2) is 47.8 Å². The molecule has 1 N–H and O–H groups in total. The Morgan fingerprint density at radius 3 is 2.80 bits per heavy atom. The minimum Gasteiger partial charge on any atom is -0.322 e. The number of thiophene rings is 1. The number of nitrogens with one attached hydrogen (secondary N) is 1. The van der Waals surface area contributed by atoms with E-state index in [1.54, 1.807) is 18.3 Å². The number of halogens is 1. The fourth-order valence-corrected chi connectivity index (χ4v) is 2.90. The largest absolute Gasteiger partial charge is 0.322 e. The summed E-state index contributed by atoms with van der Waals surface area (Å²) in [5.41, 5.74) is 1.85. The average molecular weight is 285 g/mol. The van der Waals surface area contributed by atoms with Gasteiger partial charge in [-0.2, -0.15) is 0 Å². The monoisotopic (exact) mass is 285 g/mol. The van der Waals surface area contributed by atoms with Crippen molar-refractivity contribution < 1.29 is 9.18 Å². The van der Waals surface area contributed by atoms with Gasteiger partial charge in [0.25, 0.3) is 5.91 Å². The van der Waals surface area contributed by atoms with Gasteiger partial charge in [0, 0.05) is 16.0 Å². The van der Waals surface area contributed by atoms with Crippen LogP contribution in [0, 0.1) is 12.7 Å². The Balaban J connectivity index is 1.87. The zero-order valence-corrected chi connectivity index (χ0v) is 11.6. The molecule has 0 unspecified atom stereocenters. The Morgan fingerprint density at radius 1 is 1.15 bits per heavy atom. The molecule has 1 amide bonds. The molecule has 2 aromatic carbocycles. The Bertz CT molecular complexity index is 794. The summed E-state index contributed by atoms with van der Waals surface area (Å²) in [6.45, 7) is 1.72. The fourth-order valence-electron chi connectivity index (χ4n) is 2.12. The first-order valence-electron chi connectivity index (χ1n) is 6.18. The van der Waals surface area contributed by atoms with Crippen molar-refractivity contribution in [2.24, 2.45) is 0 Å². The van der Waals surface area contributed by atoms with E-state index in [0.717, 1.165) is 11.1 Å². The number of carbonyl (C=O) groups is 1.